The Morgan fingerprint density at radius 1 is 1.10 bits per heavy atom. The predicted molar refractivity (Wildman–Crippen MR) is 79.6 cm³/mol. The van der Waals surface area contributed by atoms with Gasteiger partial charge in [0.05, 0.1) is 23.5 Å². The van der Waals surface area contributed by atoms with Crippen LogP contribution in [0, 0.1) is 0 Å². The first kappa shape index (κ1) is 12.8. The first-order valence-corrected chi connectivity index (χ1v) is 6.61. The minimum atomic E-state index is -0.339. The van der Waals surface area contributed by atoms with E-state index in [9.17, 15) is 4.79 Å². The monoisotopic (exact) mass is 288 g/mol. The molecule has 20 heavy (non-hydrogen) atoms. The molecule has 3 rings (SSSR count). The van der Waals surface area contributed by atoms with Crippen LogP contribution in [-0.2, 0) is 0 Å². The third-order valence-electron chi connectivity index (χ3n) is 3.24. The van der Waals surface area contributed by atoms with Crippen molar-refractivity contribution in [3.63, 3.8) is 0 Å². The normalized spacial score (nSPS) is 12.5. The Labute approximate surface area is 120 Å². The first-order valence-electron chi connectivity index (χ1n) is 6.18. The number of halogens is 1. The van der Waals surface area contributed by atoms with Crippen molar-refractivity contribution in [3.05, 3.63) is 64.1 Å². The van der Waals surface area contributed by atoms with Gasteiger partial charge in [-0.15, -0.1) is 11.6 Å². The molecule has 2 N–H and O–H groups in total. The predicted octanol–water partition coefficient (Wildman–Crippen LogP) is 3.19. The number of nitrogens with one attached hydrogen (secondary N) is 2. The molecule has 102 valence electrons. The second kappa shape index (κ2) is 5.06. The van der Waals surface area contributed by atoms with Gasteiger partial charge >= 0.3 is 5.69 Å². The SMILES string of the molecule is COc1ccccc1C(Cl)c1ccc2[nH]c(=O)[nH]c2c1. The van der Waals surface area contributed by atoms with Crippen LogP contribution in [0.4, 0.5) is 0 Å². The van der Waals surface area contributed by atoms with Gasteiger partial charge in [0, 0.05) is 5.56 Å². The highest BCUT2D eigenvalue weighted by Crippen LogP contribution is 2.35. The fourth-order valence-corrected chi connectivity index (χ4v) is 2.58. The molecule has 2 aromatic carbocycles. The topological polar surface area (TPSA) is 57.9 Å². The van der Waals surface area contributed by atoms with E-state index in [0.717, 1.165) is 27.9 Å². The van der Waals surface area contributed by atoms with Crippen LogP contribution in [0.5, 0.6) is 5.75 Å². The average molecular weight is 289 g/mol. The molecule has 1 atom stereocenters. The van der Waals surface area contributed by atoms with Gasteiger partial charge < -0.3 is 14.7 Å². The number of rotatable bonds is 3. The highest BCUT2D eigenvalue weighted by Gasteiger charge is 2.16. The van der Waals surface area contributed by atoms with Crippen molar-refractivity contribution in [1.82, 2.24) is 9.97 Å². The molecule has 1 heterocycles. The molecule has 0 amide bonds. The lowest BCUT2D eigenvalue weighted by molar-refractivity contribution is 0.410. The van der Waals surface area contributed by atoms with Crippen molar-refractivity contribution < 1.29 is 4.74 Å². The van der Waals surface area contributed by atoms with Gasteiger partial charge in [-0.3, -0.25) is 0 Å². The number of imidazole rings is 1. The van der Waals surface area contributed by atoms with Gasteiger partial charge in [-0.05, 0) is 23.8 Å². The lowest BCUT2D eigenvalue weighted by Gasteiger charge is -2.14. The average Bonchev–Trinajstić information content (AvgIpc) is 2.85. The molecule has 0 saturated heterocycles. The number of para-hydroxylation sites is 1. The van der Waals surface area contributed by atoms with Gasteiger partial charge in [-0.25, -0.2) is 4.79 Å². The summed E-state index contributed by atoms with van der Waals surface area (Å²) < 4.78 is 5.33. The first-order chi connectivity index (χ1) is 9.69. The van der Waals surface area contributed by atoms with E-state index in [1.54, 1.807) is 7.11 Å². The van der Waals surface area contributed by atoms with E-state index < -0.39 is 0 Å². The summed E-state index contributed by atoms with van der Waals surface area (Å²) in [4.78, 5) is 16.7. The molecular formula is C15H13ClN2O2. The third kappa shape index (κ3) is 2.18. The molecule has 5 heteroatoms. The zero-order chi connectivity index (χ0) is 14.1. The van der Waals surface area contributed by atoms with E-state index >= 15 is 0 Å². The molecule has 0 radical (unpaired) electrons. The molecule has 4 nitrogen and oxygen atoms in total. The Kier molecular flexibility index (Phi) is 3.24. The summed E-state index contributed by atoms with van der Waals surface area (Å²) in [6.07, 6.45) is 0. The van der Waals surface area contributed by atoms with E-state index in [-0.39, 0.29) is 11.1 Å². The van der Waals surface area contributed by atoms with Crippen LogP contribution in [0.1, 0.15) is 16.5 Å². The number of alkyl halides is 1. The highest BCUT2D eigenvalue weighted by molar-refractivity contribution is 6.23. The van der Waals surface area contributed by atoms with Gasteiger partial charge in [0.2, 0.25) is 0 Å². The number of benzene rings is 2. The fraction of sp³-hybridized carbons (Fsp3) is 0.133. The van der Waals surface area contributed by atoms with Crippen LogP contribution >= 0.6 is 11.6 Å². The maximum atomic E-state index is 11.3. The standard InChI is InChI=1S/C15H13ClN2O2/c1-20-13-5-3-2-4-10(13)14(16)9-6-7-11-12(8-9)18-15(19)17-11/h2-8,14H,1H3,(H2,17,18,19). The molecule has 0 aliphatic rings. The Balaban J connectivity index is 2.07. The second-order valence-electron chi connectivity index (χ2n) is 4.49. The molecule has 0 aliphatic carbocycles. The summed E-state index contributed by atoms with van der Waals surface area (Å²) >= 11 is 6.54. The van der Waals surface area contributed by atoms with Crippen molar-refractivity contribution in [3.8, 4) is 5.75 Å². The summed E-state index contributed by atoms with van der Waals surface area (Å²) in [5.41, 5.74) is 3.09. The lowest BCUT2D eigenvalue weighted by atomic mass is 10.0. The summed E-state index contributed by atoms with van der Waals surface area (Å²) in [6.45, 7) is 0. The highest BCUT2D eigenvalue weighted by atomic mass is 35.5. The number of aromatic amines is 2. The van der Waals surface area contributed by atoms with Gasteiger partial charge in [-0.1, -0.05) is 24.3 Å². The second-order valence-corrected chi connectivity index (χ2v) is 4.93. The molecule has 0 bridgehead atoms. The Morgan fingerprint density at radius 3 is 2.65 bits per heavy atom. The molecule has 0 spiro atoms. The Morgan fingerprint density at radius 2 is 1.85 bits per heavy atom. The fourth-order valence-electron chi connectivity index (χ4n) is 2.26. The summed E-state index contributed by atoms with van der Waals surface area (Å²) in [7, 11) is 1.62. The molecular weight excluding hydrogens is 276 g/mol. The van der Waals surface area contributed by atoms with Crippen molar-refractivity contribution in [2.45, 2.75) is 5.38 Å². The number of ether oxygens (including phenoxy) is 1. The molecule has 0 fully saturated rings. The number of fused-ring (bicyclic) bond motifs is 1. The molecule has 0 aliphatic heterocycles. The van der Waals surface area contributed by atoms with Gasteiger partial charge in [0.1, 0.15) is 5.75 Å². The van der Waals surface area contributed by atoms with Crippen LogP contribution in [-0.4, -0.2) is 17.1 Å². The van der Waals surface area contributed by atoms with Crippen molar-refractivity contribution in [2.75, 3.05) is 7.11 Å². The molecule has 3 aromatic rings. The Hall–Kier alpha value is -2.20. The van der Waals surface area contributed by atoms with Crippen molar-refractivity contribution >= 4 is 22.6 Å². The quantitative estimate of drug-likeness (QED) is 0.727. The van der Waals surface area contributed by atoms with Crippen molar-refractivity contribution in [1.29, 1.82) is 0 Å². The molecule has 0 saturated carbocycles. The number of methoxy groups -OCH3 is 1. The maximum absolute atomic E-state index is 11.3. The zero-order valence-corrected chi connectivity index (χ0v) is 11.6. The van der Waals surface area contributed by atoms with E-state index in [4.69, 9.17) is 16.3 Å². The lowest BCUT2D eigenvalue weighted by Crippen LogP contribution is -1.99. The number of H-pyrrole nitrogens is 2. The summed E-state index contributed by atoms with van der Waals surface area (Å²) in [5.74, 6) is 0.746. The summed E-state index contributed by atoms with van der Waals surface area (Å²) in [5, 5.41) is -0.339. The van der Waals surface area contributed by atoms with E-state index in [0.29, 0.717) is 0 Å². The van der Waals surface area contributed by atoms with Gasteiger partial charge in [0.15, 0.2) is 0 Å². The third-order valence-corrected chi connectivity index (χ3v) is 3.73. The van der Waals surface area contributed by atoms with Crippen LogP contribution in [0.25, 0.3) is 11.0 Å². The molecule has 1 aromatic heterocycles. The van der Waals surface area contributed by atoms with E-state index in [1.807, 2.05) is 42.5 Å². The largest absolute Gasteiger partial charge is 0.496 e. The number of hydrogen-bond acceptors (Lipinski definition) is 2. The Bertz CT molecular complexity index is 807. The number of aromatic nitrogens is 2. The molecule has 1 unspecified atom stereocenters. The van der Waals surface area contributed by atoms with Crippen LogP contribution < -0.4 is 10.4 Å². The van der Waals surface area contributed by atoms with E-state index in [2.05, 4.69) is 9.97 Å². The van der Waals surface area contributed by atoms with Crippen LogP contribution in [0.15, 0.2) is 47.3 Å². The van der Waals surface area contributed by atoms with Gasteiger partial charge in [-0.2, -0.15) is 0 Å². The van der Waals surface area contributed by atoms with Crippen molar-refractivity contribution in [2.24, 2.45) is 0 Å². The number of hydrogen-bond donors (Lipinski definition) is 2. The smallest absolute Gasteiger partial charge is 0.323 e. The zero-order valence-electron chi connectivity index (χ0n) is 10.8. The maximum Gasteiger partial charge on any atom is 0.323 e. The van der Waals surface area contributed by atoms with Gasteiger partial charge in [0.25, 0.3) is 0 Å². The van der Waals surface area contributed by atoms with Crippen LogP contribution in [0.3, 0.4) is 0 Å². The van der Waals surface area contributed by atoms with Crippen LogP contribution in [0.2, 0.25) is 0 Å². The minimum absolute atomic E-state index is 0.222. The van der Waals surface area contributed by atoms with E-state index in [1.165, 1.54) is 0 Å². The minimum Gasteiger partial charge on any atom is -0.496 e. The summed E-state index contributed by atoms with van der Waals surface area (Å²) in [6, 6.07) is 13.2.